The van der Waals surface area contributed by atoms with Gasteiger partial charge in [0.05, 0.1) is 12.7 Å². The quantitative estimate of drug-likeness (QED) is 0.856. The molecule has 4 nitrogen and oxygen atoms in total. The van der Waals surface area contributed by atoms with Gasteiger partial charge >= 0.3 is 0 Å². The van der Waals surface area contributed by atoms with Gasteiger partial charge in [-0.25, -0.2) is 0 Å². The van der Waals surface area contributed by atoms with Crippen LogP contribution in [0.5, 0.6) is 11.5 Å². The smallest absolute Gasteiger partial charge is 0.120 e. The van der Waals surface area contributed by atoms with Gasteiger partial charge in [0.25, 0.3) is 0 Å². The van der Waals surface area contributed by atoms with Gasteiger partial charge in [0, 0.05) is 18.7 Å². The van der Waals surface area contributed by atoms with Crippen LogP contribution in [-0.2, 0) is 6.54 Å². The lowest BCUT2D eigenvalue weighted by Gasteiger charge is -2.30. The fourth-order valence-corrected chi connectivity index (χ4v) is 2.36. The van der Waals surface area contributed by atoms with Gasteiger partial charge in [-0.15, -0.1) is 0 Å². The molecule has 1 saturated heterocycles. The molecular formula is C14H21NO3. The summed E-state index contributed by atoms with van der Waals surface area (Å²) in [6.07, 6.45) is 1.64. The number of aliphatic hydroxyl groups is 1. The van der Waals surface area contributed by atoms with Crippen molar-refractivity contribution in [1.82, 2.24) is 4.90 Å². The average molecular weight is 251 g/mol. The van der Waals surface area contributed by atoms with Crippen LogP contribution >= 0.6 is 0 Å². The van der Waals surface area contributed by atoms with E-state index >= 15 is 0 Å². The summed E-state index contributed by atoms with van der Waals surface area (Å²) in [5.74, 6) is 1.07. The lowest BCUT2D eigenvalue weighted by molar-refractivity contribution is 0.0664. The lowest BCUT2D eigenvalue weighted by Crippen LogP contribution is -2.37. The first-order valence-electron chi connectivity index (χ1n) is 6.54. The number of hydrogen-bond donors (Lipinski definition) is 2. The highest BCUT2D eigenvalue weighted by atomic mass is 16.5. The lowest BCUT2D eigenvalue weighted by atomic mass is 10.1. The summed E-state index contributed by atoms with van der Waals surface area (Å²) in [7, 11) is 0. The van der Waals surface area contributed by atoms with Crippen molar-refractivity contribution >= 4 is 0 Å². The Labute approximate surface area is 108 Å². The standard InChI is InChI=1S/C14H21NO3/c1-2-18-13-5-6-14(17)11(8-13)9-15-7-3-4-12(16)10-15/h5-6,8,12,16-17H,2-4,7,9-10H2,1H3. The van der Waals surface area contributed by atoms with Crippen LogP contribution < -0.4 is 4.74 Å². The molecule has 1 unspecified atom stereocenters. The number of aromatic hydroxyl groups is 1. The molecule has 1 fully saturated rings. The Morgan fingerprint density at radius 1 is 1.44 bits per heavy atom. The number of aliphatic hydroxyl groups excluding tert-OH is 1. The number of phenols is 1. The van der Waals surface area contributed by atoms with Crippen molar-refractivity contribution in [2.75, 3.05) is 19.7 Å². The van der Waals surface area contributed by atoms with Gasteiger partial charge in [-0.2, -0.15) is 0 Å². The maximum Gasteiger partial charge on any atom is 0.120 e. The maximum absolute atomic E-state index is 9.86. The van der Waals surface area contributed by atoms with Crippen molar-refractivity contribution in [1.29, 1.82) is 0 Å². The van der Waals surface area contributed by atoms with E-state index in [9.17, 15) is 10.2 Å². The van der Waals surface area contributed by atoms with E-state index in [2.05, 4.69) is 4.90 Å². The number of β-amino-alcohol motifs (C(OH)–C–C–N with tert-alkyl or cyclic N) is 1. The van der Waals surface area contributed by atoms with Crippen LogP contribution in [-0.4, -0.2) is 40.9 Å². The highest BCUT2D eigenvalue weighted by molar-refractivity contribution is 5.39. The Morgan fingerprint density at radius 3 is 3.00 bits per heavy atom. The molecule has 4 heteroatoms. The van der Waals surface area contributed by atoms with Gasteiger partial charge in [0.15, 0.2) is 0 Å². The summed E-state index contributed by atoms with van der Waals surface area (Å²) in [5, 5.41) is 19.5. The molecule has 0 amide bonds. The Balaban J connectivity index is 2.05. The Kier molecular flexibility index (Phi) is 4.44. The van der Waals surface area contributed by atoms with E-state index < -0.39 is 0 Å². The zero-order chi connectivity index (χ0) is 13.0. The molecule has 1 aliphatic heterocycles. The van der Waals surface area contributed by atoms with Gasteiger partial charge in [0.2, 0.25) is 0 Å². The largest absolute Gasteiger partial charge is 0.508 e. The number of piperidine rings is 1. The molecule has 1 atom stereocenters. The fraction of sp³-hybridized carbons (Fsp3) is 0.571. The molecular weight excluding hydrogens is 230 g/mol. The van der Waals surface area contributed by atoms with E-state index in [0.717, 1.165) is 30.7 Å². The SMILES string of the molecule is CCOc1ccc(O)c(CN2CCCC(O)C2)c1. The van der Waals surface area contributed by atoms with Crippen LogP contribution in [0.3, 0.4) is 0 Å². The van der Waals surface area contributed by atoms with Crippen LogP contribution in [0.4, 0.5) is 0 Å². The summed E-state index contributed by atoms with van der Waals surface area (Å²) in [4.78, 5) is 2.17. The van der Waals surface area contributed by atoms with Crippen molar-refractivity contribution < 1.29 is 14.9 Å². The van der Waals surface area contributed by atoms with Gasteiger partial charge in [0.1, 0.15) is 11.5 Å². The molecule has 0 aromatic heterocycles. The van der Waals surface area contributed by atoms with E-state index in [1.807, 2.05) is 13.0 Å². The Morgan fingerprint density at radius 2 is 2.28 bits per heavy atom. The van der Waals surface area contributed by atoms with Gasteiger partial charge < -0.3 is 14.9 Å². The summed E-state index contributed by atoms with van der Waals surface area (Å²) >= 11 is 0. The van der Waals surface area contributed by atoms with Crippen molar-refractivity contribution in [2.24, 2.45) is 0 Å². The highest BCUT2D eigenvalue weighted by Crippen LogP contribution is 2.25. The van der Waals surface area contributed by atoms with Crippen molar-refractivity contribution in [3.63, 3.8) is 0 Å². The zero-order valence-electron chi connectivity index (χ0n) is 10.8. The Hall–Kier alpha value is -1.26. The van der Waals surface area contributed by atoms with E-state index in [1.54, 1.807) is 12.1 Å². The molecule has 0 saturated carbocycles. The van der Waals surface area contributed by atoms with Crippen LogP contribution in [0.2, 0.25) is 0 Å². The third-order valence-corrected chi connectivity index (χ3v) is 3.24. The first-order valence-corrected chi connectivity index (χ1v) is 6.54. The predicted octanol–water partition coefficient (Wildman–Crippen LogP) is 1.75. The first-order chi connectivity index (χ1) is 8.69. The number of nitrogens with zero attached hydrogens (tertiary/aromatic N) is 1. The first kappa shape index (κ1) is 13.2. The topological polar surface area (TPSA) is 52.9 Å². The molecule has 1 aliphatic rings. The molecule has 0 spiro atoms. The minimum absolute atomic E-state index is 0.240. The molecule has 0 radical (unpaired) electrons. The molecule has 2 N–H and O–H groups in total. The monoisotopic (exact) mass is 251 g/mol. The molecule has 0 bridgehead atoms. The number of phenolic OH excluding ortho intramolecular Hbond substituents is 1. The number of ether oxygens (including phenoxy) is 1. The second kappa shape index (κ2) is 6.07. The summed E-state index contributed by atoms with van der Waals surface area (Å²) < 4.78 is 5.43. The molecule has 1 aromatic rings. The van der Waals surface area contributed by atoms with Crippen LogP contribution in [0.15, 0.2) is 18.2 Å². The Bertz CT molecular complexity index is 395. The number of hydrogen-bond acceptors (Lipinski definition) is 4. The van der Waals surface area contributed by atoms with Gasteiger partial charge in [-0.05, 0) is 44.5 Å². The van der Waals surface area contributed by atoms with Crippen LogP contribution in [0, 0.1) is 0 Å². The second-order valence-corrected chi connectivity index (χ2v) is 4.75. The number of likely N-dealkylation sites (tertiary alicyclic amines) is 1. The fourth-order valence-electron chi connectivity index (χ4n) is 2.36. The molecule has 18 heavy (non-hydrogen) atoms. The number of rotatable bonds is 4. The summed E-state index contributed by atoms with van der Waals surface area (Å²) in [5.41, 5.74) is 0.857. The second-order valence-electron chi connectivity index (χ2n) is 4.75. The molecule has 100 valence electrons. The van der Waals surface area contributed by atoms with E-state index in [0.29, 0.717) is 25.4 Å². The van der Waals surface area contributed by atoms with Crippen molar-refractivity contribution in [2.45, 2.75) is 32.4 Å². The minimum atomic E-state index is -0.240. The predicted molar refractivity (Wildman–Crippen MR) is 69.8 cm³/mol. The van der Waals surface area contributed by atoms with Crippen molar-refractivity contribution in [3.8, 4) is 11.5 Å². The minimum Gasteiger partial charge on any atom is -0.508 e. The average Bonchev–Trinajstić information content (AvgIpc) is 2.34. The van der Waals surface area contributed by atoms with Crippen LogP contribution in [0.1, 0.15) is 25.3 Å². The summed E-state index contributed by atoms with van der Waals surface area (Å²) in [6, 6.07) is 5.31. The number of benzene rings is 1. The third-order valence-electron chi connectivity index (χ3n) is 3.24. The molecule has 2 rings (SSSR count). The normalized spacial score (nSPS) is 20.9. The third kappa shape index (κ3) is 3.37. The maximum atomic E-state index is 9.86. The summed E-state index contributed by atoms with van der Waals surface area (Å²) in [6.45, 7) is 4.86. The van der Waals surface area contributed by atoms with Crippen molar-refractivity contribution in [3.05, 3.63) is 23.8 Å². The highest BCUT2D eigenvalue weighted by Gasteiger charge is 2.18. The van der Waals surface area contributed by atoms with E-state index in [4.69, 9.17) is 4.74 Å². The molecule has 1 aromatic carbocycles. The van der Waals surface area contributed by atoms with Gasteiger partial charge in [-0.3, -0.25) is 4.90 Å². The molecule has 1 heterocycles. The van der Waals surface area contributed by atoms with Gasteiger partial charge in [-0.1, -0.05) is 0 Å². The van der Waals surface area contributed by atoms with E-state index in [-0.39, 0.29) is 6.10 Å². The van der Waals surface area contributed by atoms with Crippen LogP contribution in [0.25, 0.3) is 0 Å². The van der Waals surface area contributed by atoms with E-state index in [1.165, 1.54) is 0 Å². The molecule has 0 aliphatic carbocycles. The zero-order valence-corrected chi connectivity index (χ0v) is 10.8.